The summed E-state index contributed by atoms with van der Waals surface area (Å²) in [6.45, 7) is 1.99. The van der Waals surface area contributed by atoms with E-state index in [2.05, 4.69) is 4.90 Å². The second kappa shape index (κ2) is 5.83. The molecular weight excluding hydrogens is 216 g/mol. The van der Waals surface area contributed by atoms with Crippen molar-refractivity contribution < 1.29 is 9.90 Å². The summed E-state index contributed by atoms with van der Waals surface area (Å²) < 4.78 is 0. The van der Waals surface area contributed by atoms with Gasteiger partial charge in [0.05, 0.1) is 12.6 Å². The summed E-state index contributed by atoms with van der Waals surface area (Å²) in [5, 5.41) is 9.43. The lowest BCUT2D eigenvalue weighted by atomic mass is 9.94. The standard InChI is InChI=1S/C13H24N2O2/c1-14(11-5-3-2-4-6-11)13(17)10-15-8-7-12(16)9-15/h11-12,16H,2-10H2,1H3/t12-/m0/s1. The number of rotatable bonds is 3. The molecule has 98 valence electrons. The van der Waals surface area contributed by atoms with Crippen molar-refractivity contribution in [3.63, 3.8) is 0 Å². The minimum absolute atomic E-state index is 0.214. The molecule has 2 rings (SSSR count). The van der Waals surface area contributed by atoms with Gasteiger partial charge in [0.15, 0.2) is 0 Å². The first-order valence-corrected chi connectivity index (χ1v) is 6.83. The highest BCUT2D eigenvalue weighted by molar-refractivity contribution is 5.78. The van der Waals surface area contributed by atoms with Crippen molar-refractivity contribution >= 4 is 5.91 Å². The largest absolute Gasteiger partial charge is 0.392 e. The summed E-state index contributed by atoms with van der Waals surface area (Å²) in [7, 11) is 1.94. The fraction of sp³-hybridized carbons (Fsp3) is 0.923. The molecule has 1 amide bonds. The van der Waals surface area contributed by atoms with Crippen LogP contribution in [0.3, 0.4) is 0 Å². The van der Waals surface area contributed by atoms with E-state index in [0.29, 0.717) is 19.1 Å². The zero-order valence-electron chi connectivity index (χ0n) is 10.8. The van der Waals surface area contributed by atoms with E-state index >= 15 is 0 Å². The van der Waals surface area contributed by atoms with Crippen LogP contribution in [0.5, 0.6) is 0 Å². The van der Waals surface area contributed by atoms with Gasteiger partial charge in [-0.05, 0) is 19.3 Å². The van der Waals surface area contributed by atoms with Crippen LogP contribution in [0.4, 0.5) is 0 Å². The lowest BCUT2D eigenvalue weighted by molar-refractivity contribution is -0.133. The second-order valence-electron chi connectivity index (χ2n) is 5.47. The summed E-state index contributed by atoms with van der Waals surface area (Å²) in [4.78, 5) is 16.1. The Hall–Kier alpha value is -0.610. The molecule has 2 fully saturated rings. The molecular formula is C13H24N2O2. The molecule has 0 spiro atoms. The average Bonchev–Trinajstić information content (AvgIpc) is 2.75. The van der Waals surface area contributed by atoms with Crippen molar-refractivity contribution in [2.45, 2.75) is 50.7 Å². The van der Waals surface area contributed by atoms with E-state index in [4.69, 9.17) is 0 Å². The van der Waals surface area contributed by atoms with Gasteiger partial charge in [0.25, 0.3) is 0 Å². The molecule has 1 aliphatic carbocycles. The van der Waals surface area contributed by atoms with Crippen LogP contribution in [-0.4, -0.2) is 59.6 Å². The van der Waals surface area contributed by atoms with Gasteiger partial charge in [-0.25, -0.2) is 0 Å². The molecule has 0 aromatic heterocycles. The Balaban J connectivity index is 1.78. The molecule has 2 aliphatic rings. The van der Waals surface area contributed by atoms with E-state index in [1.54, 1.807) is 0 Å². The third kappa shape index (κ3) is 3.42. The van der Waals surface area contributed by atoms with Crippen LogP contribution >= 0.6 is 0 Å². The van der Waals surface area contributed by atoms with Crippen LogP contribution in [0.2, 0.25) is 0 Å². The van der Waals surface area contributed by atoms with Gasteiger partial charge in [0.1, 0.15) is 0 Å². The van der Waals surface area contributed by atoms with Crippen LogP contribution in [0.1, 0.15) is 38.5 Å². The maximum atomic E-state index is 12.1. The number of aliphatic hydroxyl groups excluding tert-OH is 1. The lowest BCUT2D eigenvalue weighted by Crippen LogP contribution is -2.43. The molecule has 4 heteroatoms. The van der Waals surface area contributed by atoms with Crippen molar-refractivity contribution in [2.24, 2.45) is 0 Å². The van der Waals surface area contributed by atoms with Gasteiger partial charge in [-0.15, -0.1) is 0 Å². The first kappa shape index (κ1) is 12.8. The molecule has 1 saturated heterocycles. The van der Waals surface area contributed by atoms with Crippen LogP contribution in [0.25, 0.3) is 0 Å². The summed E-state index contributed by atoms with van der Waals surface area (Å²) in [5.41, 5.74) is 0. The van der Waals surface area contributed by atoms with Crippen molar-refractivity contribution in [2.75, 3.05) is 26.7 Å². The van der Waals surface area contributed by atoms with E-state index in [0.717, 1.165) is 25.8 Å². The summed E-state index contributed by atoms with van der Waals surface area (Å²) in [5.74, 6) is 0.214. The topological polar surface area (TPSA) is 43.8 Å². The van der Waals surface area contributed by atoms with Gasteiger partial charge >= 0.3 is 0 Å². The second-order valence-corrected chi connectivity index (χ2v) is 5.47. The molecule has 0 radical (unpaired) electrons. The fourth-order valence-corrected chi connectivity index (χ4v) is 2.93. The number of carbonyl (C=O) groups excluding carboxylic acids is 1. The average molecular weight is 240 g/mol. The van der Waals surface area contributed by atoms with E-state index in [1.165, 1.54) is 19.3 Å². The van der Waals surface area contributed by atoms with Gasteiger partial charge in [-0.1, -0.05) is 19.3 Å². The normalized spacial score (nSPS) is 27.3. The fourth-order valence-electron chi connectivity index (χ4n) is 2.93. The lowest BCUT2D eigenvalue weighted by Gasteiger charge is -2.32. The maximum Gasteiger partial charge on any atom is 0.236 e. The Bertz CT molecular complexity index is 264. The number of amides is 1. The van der Waals surface area contributed by atoms with Gasteiger partial charge in [-0.2, -0.15) is 0 Å². The van der Waals surface area contributed by atoms with E-state index < -0.39 is 0 Å². The Morgan fingerprint density at radius 2 is 2.00 bits per heavy atom. The Morgan fingerprint density at radius 1 is 1.29 bits per heavy atom. The summed E-state index contributed by atoms with van der Waals surface area (Å²) in [6, 6.07) is 0.448. The van der Waals surface area contributed by atoms with Gasteiger partial charge in [0, 0.05) is 26.2 Å². The minimum Gasteiger partial charge on any atom is -0.392 e. The number of nitrogens with zero attached hydrogens (tertiary/aromatic N) is 2. The number of aliphatic hydroxyl groups is 1. The third-order valence-electron chi connectivity index (χ3n) is 4.12. The zero-order chi connectivity index (χ0) is 12.3. The van der Waals surface area contributed by atoms with E-state index in [9.17, 15) is 9.90 Å². The van der Waals surface area contributed by atoms with Gasteiger partial charge < -0.3 is 10.0 Å². The third-order valence-corrected chi connectivity index (χ3v) is 4.12. The molecule has 17 heavy (non-hydrogen) atoms. The molecule has 4 nitrogen and oxygen atoms in total. The molecule has 0 aromatic carbocycles. The first-order valence-electron chi connectivity index (χ1n) is 6.83. The molecule has 0 unspecified atom stereocenters. The van der Waals surface area contributed by atoms with Crippen LogP contribution in [0, 0.1) is 0 Å². The highest BCUT2D eigenvalue weighted by Crippen LogP contribution is 2.22. The number of likely N-dealkylation sites (N-methyl/N-ethyl adjacent to an activating group) is 1. The number of hydrogen-bond donors (Lipinski definition) is 1. The summed E-state index contributed by atoms with van der Waals surface area (Å²) >= 11 is 0. The molecule has 0 bridgehead atoms. The van der Waals surface area contributed by atoms with Gasteiger partial charge in [0.2, 0.25) is 5.91 Å². The monoisotopic (exact) mass is 240 g/mol. The Morgan fingerprint density at radius 3 is 2.59 bits per heavy atom. The Labute approximate surface area is 104 Å². The summed E-state index contributed by atoms with van der Waals surface area (Å²) in [6.07, 6.45) is 6.71. The Kier molecular flexibility index (Phi) is 4.40. The number of carbonyl (C=O) groups is 1. The molecule has 1 saturated carbocycles. The van der Waals surface area contributed by atoms with Crippen molar-refractivity contribution in [3.8, 4) is 0 Å². The molecule has 1 N–H and O–H groups in total. The smallest absolute Gasteiger partial charge is 0.236 e. The SMILES string of the molecule is CN(C(=O)CN1CC[C@H](O)C1)C1CCCCC1. The highest BCUT2D eigenvalue weighted by atomic mass is 16.3. The zero-order valence-corrected chi connectivity index (χ0v) is 10.8. The van der Waals surface area contributed by atoms with Crippen molar-refractivity contribution in [3.05, 3.63) is 0 Å². The quantitative estimate of drug-likeness (QED) is 0.795. The van der Waals surface area contributed by atoms with Crippen LogP contribution in [-0.2, 0) is 4.79 Å². The van der Waals surface area contributed by atoms with Crippen LogP contribution in [0.15, 0.2) is 0 Å². The van der Waals surface area contributed by atoms with Crippen molar-refractivity contribution in [1.29, 1.82) is 0 Å². The van der Waals surface area contributed by atoms with Gasteiger partial charge in [-0.3, -0.25) is 9.69 Å². The maximum absolute atomic E-state index is 12.1. The van der Waals surface area contributed by atoms with Crippen LogP contribution < -0.4 is 0 Å². The van der Waals surface area contributed by atoms with E-state index in [1.807, 2.05) is 11.9 Å². The minimum atomic E-state index is -0.234. The number of likely N-dealkylation sites (tertiary alicyclic amines) is 1. The molecule has 1 aliphatic heterocycles. The molecule has 1 heterocycles. The van der Waals surface area contributed by atoms with E-state index in [-0.39, 0.29) is 12.0 Å². The molecule has 1 atom stereocenters. The predicted molar refractivity (Wildman–Crippen MR) is 66.7 cm³/mol. The number of β-amino-alcohol motifs (C(OH)–C–C–N with tert-alkyl or cyclic N) is 1. The predicted octanol–water partition coefficient (Wildman–Crippen LogP) is 0.844. The number of hydrogen-bond acceptors (Lipinski definition) is 3. The highest BCUT2D eigenvalue weighted by Gasteiger charge is 2.26. The van der Waals surface area contributed by atoms with Crippen molar-refractivity contribution in [1.82, 2.24) is 9.80 Å². The first-order chi connectivity index (χ1) is 8.16. The molecule has 0 aromatic rings.